The SMILES string of the molecule is O=C(NCCO)Oc1ccc(C(=O)NS(=O)(=O)CCCc2ccccc2)cn1. The maximum atomic E-state index is 12.1. The highest BCUT2D eigenvalue weighted by Crippen LogP contribution is 2.09. The van der Waals surface area contributed by atoms with Crippen molar-refractivity contribution in [3.8, 4) is 5.88 Å². The molecular weight excluding hydrogens is 386 g/mol. The van der Waals surface area contributed by atoms with Crippen LogP contribution in [0.5, 0.6) is 5.88 Å². The number of carbonyl (C=O) groups excluding carboxylic acids is 2. The molecule has 1 aromatic heterocycles. The average molecular weight is 407 g/mol. The van der Waals surface area contributed by atoms with Crippen LogP contribution >= 0.6 is 0 Å². The Labute approximate surface area is 162 Å². The van der Waals surface area contributed by atoms with Gasteiger partial charge in [0.2, 0.25) is 15.9 Å². The van der Waals surface area contributed by atoms with Crippen LogP contribution in [-0.4, -0.2) is 49.4 Å². The molecule has 9 nitrogen and oxygen atoms in total. The first kappa shape index (κ1) is 21.3. The van der Waals surface area contributed by atoms with Crippen molar-refractivity contribution in [2.24, 2.45) is 0 Å². The van der Waals surface area contributed by atoms with Gasteiger partial charge >= 0.3 is 6.09 Å². The highest BCUT2D eigenvalue weighted by atomic mass is 32.2. The Kier molecular flexibility index (Phi) is 7.90. The number of amides is 2. The Bertz CT molecular complexity index is 885. The Balaban J connectivity index is 1.84. The molecule has 2 amide bonds. The highest BCUT2D eigenvalue weighted by molar-refractivity contribution is 7.90. The summed E-state index contributed by atoms with van der Waals surface area (Å²) in [5, 5.41) is 10.9. The summed E-state index contributed by atoms with van der Waals surface area (Å²) in [4.78, 5) is 27.2. The van der Waals surface area contributed by atoms with E-state index in [4.69, 9.17) is 9.84 Å². The monoisotopic (exact) mass is 407 g/mol. The van der Waals surface area contributed by atoms with Crippen LogP contribution in [0, 0.1) is 0 Å². The number of aryl methyl sites for hydroxylation is 1. The van der Waals surface area contributed by atoms with Gasteiger partial charge in [-0.2, -0.15) is 0 Å². The van der Waals surface area contributed by atoms with Gasteiger partial charge in [0.15, 0.2) is 0 Å². The standard InChI is InChI=1S/C18H21N3O6S/c22-11-10-19-18(24)27-16-9-8-15(13-20-16)17(23)21-28(25,26)12-4-7-14-5-2-1-3-6-14/h1-3,5-6,8-9,13,22H,4,7,10-12H2,(H,19,24)(H,21,23). The maximum absolute atomic E-state index is 12.1. The molecule has 1 heterocycles. The molecule has 0 saturated heterocycles. The van der Waals surface area contributed by atoms with E-state index in [1.165, 1.54) is 12.1 Å². The Morgan fingerprint density at radius 3 is 2.50 bits per heavy atom. The molecule has 0 aliphatic heterocycles. The number of rotatable bonds is 9. The van der Waals surface area contributed by atoms with Crippen molar-refractivity contribution in [3.05, 3.63) is 59.8 Å². The number of nitrogens with zero attached hydrogens (tertiary/aromatic N) is 1. The zero-order valence-electron chi connectivity index (χ0n) is 15.0. The van der Waals surface area contributed by atoms with Crippen LogP contribution in [0.25, 0.3) is 0 Å². The van der Waals surface area contributed by atoms with Gasteiger partial charge in [0.1, 0.15) is 0 Å². The van der Waals surface area contributed by atoms with Crippen molar-refractivity contribution in [3.63, 3.8) is 0 Å². The zero-order chi connectivity index (χ0) is 20.4. The molecule has 2 aromatic rings. The van der Waals surface area contributed by atoms with Gasteiger partial charge in [0.25, 0.3) is 5.91 Å². The number of hydrogen-bond donors (Lipinski definition) is 3. The van der Waals surface area contributed by atoms with Crippen molar-refractivity contribution < 1.29 is 27.9 Å². The maximum Gasteiger partial charge on any atom is 0.414 e. The number of aliphatic hydroxyl groups is 1. The Morgan fingerprint density at radius 2 is 1.86 bits per heavy atom. The fourth-order valence-corrected chi connectivity index (χ4v) is 3.25. The molecular formula is C18H21N3O6S. The zero-order valence-corrected chi connectivity index (χ0v) is 15.8. The minimum absolute atomic E-state index is 0.00903. The first-order chi connectivity index (χ1) is 13.4. The molecule has 10 heteroatoms. The fourth-order valence-electron chi connectivity index (χ4n) is 2.23. The van der Waals surface area contributed by atoms with Crippen LogP contribution in [0.2, 0.25) is 0 Å². The van der Waals surface area contributed by atoms with Crippen LogP contribution in [0.4, 0.5) is 4.79 Å². The third-order valence-corrected chi connectivity index (χ3v) is 4.87. The summed E-state index contributed by atoms with van der Waals surface area (Å²) >= 11 is 0. The third kappa shape index (κ3) is 7.33. The normalized spacial score (nSPS) is 10.9. The number of sulfonamides is 1. The topological polar surface area (TPSA) is 135 Å². The molecule has 150 valence electrons. The van der Waals surface area contributed by atoms with E-state index in [-0.39, 0.29) is 30.3 Å². The summed E-state index contributed by atoms with van der Waals surface area (Å²) in [6.45, 7) is -0.205. The summed E-state index contributed by atoms with van der Waals surface area (Å²) in [6.07, 6.45) is 1.26. The highest BCUT2D eigenvalue weighted by Gasteiger charge is 2.16. The molecule has 0 fully saturated rings. The predicted octanol–water partition coefficient (Wildman–Crippen LogP) is 0.855. The van der Waals surface area contributed by atoms with Crippen LogP contribution in [0.3, 0.4) is 0 Å². The summed E-state index contributed by atoms with van der Waals surface area (Å²) in [5.74, 6) is -1.07. The lowest BCUT2D eigenvalue weighted by atomic mass is 10.1. The van der Waals surface area contributed by atoms with Gasteiger partial charge in [0, 0.05) is 18.8 Å². The number of ether oxygens (including phenoxy) is 1. The van der Waals surface area contributed by atoms with Crippen LogP contribution in [0.1, 0.15) is 22.3 Å². The molecule has 0 unspecified atom stereocenters. The molecule has 0 radical (unpaired) electrons. The summed E-state index contributed by atoms with van der Waals surface area (Å²) in [5.41, 5.74) is 1.03. The lowest BCUT2D eigenvalue weighted by Gasteiger charge is -2.08. The van der Waals surface area contributed by atoms with Gasteiger partial charge in [-0.15, -0.1) is 0 Å². The van der Waals surface area contributed by atoms with E-state index in [2.05, 4.69) is 10.3 Å². The molecule has 0 spiro atoms. The fraction of sp³-hybridized carbons (Fsp3) is 0.278. The summed E-state index contributed by atoms with van der Waals surface area (Å²) in [6, 6.07) is 12.0. The lowest BCUT2D eigenvalue weighted by Crippen LogP contribution is -2.32. The van der Waals surface area contributed by atoms with Gasteiger partial charge in [-0.05, 0) is 24.5 Å². The van der Waals surface area contributed by atoms with Crippen LogP contribution in [-0.2, 0) is 16.4 Å². The smallest absolute Gasteiger partial charge is 0.395 e. The van der Waals surface area contributed by atoms with Gasteiger partial charge in [-0.3, -0.25) is 4.79 Å². The van der Waals surface area contributed by atoms with E-state index >= 15 is 0 Å². The summed E-state index contributed by atoms with van der Waals surface area (Å²) in [7, 11) is -3.78. The molecule has 1 aromatic carbocycles. The van der Waals surface area contributed by atoms with E-state index in [0.717, 1.165) is 11.8 Å². The number of aromatic nitrogens is 1. The minimum Gasteiger partial charge on any atom is -0.395 e. The molecule has 0 aliphatic carbocycles. The number of aliphatic hydroxyl groups excluding tert-OH is 1. The Hall–Kier alpha value is -2.98. The van der Waals surface area contributed by atoms with Crippen molar-refractivity contribution in [1.29, 1.82) is 0 Å². The molecule has 3 N–H and O–H groups in total. The van der Waals surface area contributed by atoms with Crippen molar-refractivity contribution in [1.82, 2.24) is 15.0 Å². The second-order valence-corrected chi connectivity index (χ2v) is 7.61. The van der Waals surface area contributed by atoms with Crippen LogP contribution < -0.4 is 14.8 Å². The number of carbonyl (C=O) groups is 2. The van der Waals surface area contributed by atoms with Gasteiger partial charge in [-0.25, -0.2) is 22.9 Å². The third-order valence-electron chi connectivity index (χ3n) is 3.55. The summed E-state index contributed by atoms with van der Waals surface area (Å²) < 4.78 is 31.0. The van der Waals surface area contributed by atoms with Gasteiger partial charge in [-0.1, -0.05) is 30.3 Å². The van der Waals surface area contributed by atoms with Crippen LogP contribution in [0.15, 0.2) is 48.7 Å². The van der Waals surface area contributed by atoms with E-state index < -0.39 is 22.0 Å². The van der Waals surface area contributed by atoms with E-state index in [0.29, 0.717) is 12.8 Å². The van der Waals surface area contributed by atoms with Gasteiger partial charge < -0.3 is 15.2 Å². The first-order valence-corrected chi connectivity index (χ1v) is 10.2. The molecule has 0 bridgehead atoms. The number of benzene rings is 1. The second-order valence-electron chi connectivity index (χ2n) is 5.76. The molecule has 2 rings (SSSR count). The van der Waals surface area contributed by atoms with E-state index in [1.54, 1.807) is 0 Å². The molecule has 28 heavy (non-hydrogen) atoms. The largest absolute Gasteiger partial charge is 0.414 e. The van der Waals surface area contributed by atoms with Gasteiger partial charge in [0.05, 0.1) is 17.9 Å². The van der Waals surface area contributed by atoms with Crippen molar-refractivity contribution in [2.75, 3.05) is 18.9 Å². The quantitative estimate of drug-likeness (QED) is 0.561. The number of hydrogen-bond acceptors (Lipinski definition) is 7. The van der Waals surface area contributed by atoms with E-state index in [9.17, 15) is 18.0 Å². The molecule has 0 saturated carbocycles. The van der Waals surface area contributed by atoms with Crippen molar-refractivity contribution >= 4 is 22.0 Å². The lowest BCUT2D eigenvalue weighted by molar-refractivity contribution is 0.0981. The Morgan fingerprint density at radius 1 is 1.11 bits per heavy atom. The number of pyridine rings is 1. The minimum atomic E-state index is -3.78. The van der Waals surface area contributed by atoms with E-state index in [1.807, 2.05) is 35.1 Å². The predicted molar refractivity (Wildman–Crippen MR) is 101 cm³/mol. The van der Waals surface area contributed by atoms with Crippen molar-refractivity contribution in [2.45, 2.75) is 12.8 Å². The molecule has 0 atom stereocenters. The number of nitrogens with one attached hydrogen (secondary N) is 2. The molecule has 0 aliphatic rings. The first-order valence-electron chi connectivity index (χ1n) is 8.51. The average Bonchev–Trinajstić information content (AvgIpc) is 2.67. The second kappa shape index (κ2) is 10.4.